The number of aromatic amines is 1. The molecule has 0 spiro atoms. The summed E-state index contributed by atoms with van der Waals surface area (Å²) in [5.41, 5.74) is 2.38. The number of carbonyl (C=O) groups is 1. The molecule has 1 aromatic carbocycles. The monoisotopic (exact) mass is 298 g/mol. The molecule has 3 rings (SSSR count). The van der Waals surface area contributed by atoms with Gasteiger partial charge in [-0.1, -0.05) is 23.4 Å². The van der Waals surface area contributed by atoms with Crippen LogP contribution in [0, 0.1) is 6.92 Å². The topological polar surface area (TPSA) is 83.0 Å². The van der Waals surface area contributed by atoms with E-state index in [9.17, 15) is 4.79 Å². The zero-order valence-electron chi connectivity index (χ0n) is 12.3. The average Bonchev–Trinajstić information content (AvgIpc) is 3.10. The van der Waals surface area contributed by atoms with Crippen molar-refractivity contribution in [3.63, 3.8) is 0 Å². The van der Waals surface area contributed by atoms with Gasteiger partial charge in [-0.2, -0.15) is 0 Å². The molecule has 0 atom stereocenters. The zero-order valence-corrected chi connectivity index (χ0v) is 12.3. The van der Waals surface area contributed by atoms with Gasteiger partial charge in [0, 0.05) is 23.2 Å². The lowest BCUT2D eigenvalue weighted by Gasteiger charge is -2.04. The van der Waals surface area contributed by atoms with E-state index in [-0.39, 0.29) is 12.5 Å². The molecule has 22 heavy (non-hydrogen) atoms. The summed E-state index contributed by atoms with van der Waals surface area (Å²) in [6.07, 6.45) is 2.88. The number of aryl methyl sites for hydroxylation is 1. The molecular formula is C16H18N4O2. The molecule has 0 saturated carbocycles. The fourth-order valence-corrected chi connectivity index (χ4v) is 2.38. The van der Waals surface area contributed by atoms with Crippen LogP contribution < -0.4 is 10.6 Å². The molecule has 0 aliphatic carbocycles. The highest BCUT2D eigenvalue weighted by Crippen LogP contribution is 2.17. The minimum absolute atomic E-state index is 0.132. The Labute approximate surface area is 127 Å². The van der Waals surface area contributed by atoms with Crippen LogP contribution >= 0.6 is 0 Å². The fraction of sp³-hybridized carbons (Fsp3) is 0.250. The third kappa shape index (κ3) is 3.35. The normalized spacial score (nSPS) is 11.0. The number of hydrogen-bond acceptors (Lipinski definition) is 4. The lowest BCUT2D eigenvalue weighted by Crippen LogP contribution is -2.29. The fourth-order valence-electron chi connectivity index (χ4n) is 2.38. The van der Waals surface area contributed by atoms with Crippen molar-refractivity contribution in [3.05, 3.63) is 47.9 Å². The molecule has 0 fully saturated rings. The molecule has 0 aliphatic heterocycles. The van der Waals surface area contributed by atoms with Gasteiger partial charge in [0.2, 0.25) is 5.91 Å². The lowest BCUT2D eigenvalue weighted by molar-refractivity contribution is -0.115. The summed E-state index contributed by atoms with van der Waals surface area (Å²) in [5, 5.41) is 10.8. The van der Waals surface area contributed by atoms with Crippen LogP contribution in [-0.2, 0) is 11.2 Å². The number of amides is 1. The van der Waals surface area contributed by atoms with Crippen LogP contribution in [-0.4, -0.2) is 29.1 Å². The van der Waals surface area contributed by atoms with Gasteiger partial charge in [-0.05, 0) is 31.5 Å². The van der Waals surface area contributed by atoms with Gasteiger partial charge in [-0.3, -0.25) is 4.79 Å². The Balaban J connectivity index is 1.44. The maximum absolute atomic E-state index is 11.7. The van der Waals surface area contributed by atoms with Crippen molar-refractivity contribution in [2.24, 2.45) is 0 Å². The van der Waals surface area contributed by atoms with Gasteiger partial charge >= 0.3 is 0 Å². The molecule has 0 aliphatic rings. The first-order chi connectivity index (χ1) is 10.7. The quantitative estimate of drug-likeness (QED) is 0.609. The molecule has 0 radical (unpaired) electrons. The van der Waals surface area contributed by atoms with Crippen molar-refractivity contribution in [3.8, 4) is 0 Å². The van der Waals surface area contributed by atoms with Gasteiger partial charge in [-0.25, -0.2) is 0 Å². The van der Waals surface area contributed by atoms with E-state index in [4.69, 9.17) is 4.52 Å². The van der Waals surface area contributed by atoms with Crippen molar-refractivity contribution in [1.82, 2.24) is 15.5 Å². The maximum atomic E-state index is 11.7. The van der Waals surface area contributed by atoms with E-state index in [1.165, 1.54) is 10.9 Å². The Kier molecular flexibility index (Phi) is 4.20. The Morgan fingerprint density at radius 2 is 2.23 bits per heavy atom. The van der Waals surface area contributed by atoms with Crippen LogP contribution in [0.1, 0.15) is 11.3 Å². The molecule has 0 bridgehead atoms. The van der Waals surface area contributed by atoms with E-state index in [1.807, 2.05) is 18.3 Å². The van der Waals surface area contributed by atoms with Gasteiger partial charge in [0.15, 0.2) is 5.82 Å². The van der Waals surface area contributed by atoms with Gasteiger partial charge in [-0.15, -0.1) is 0 Å². The van der Waals surface area contributed by atoms with Gasteiger partial charge in [0.25, 0.3) is 0 Å². The van der Waals surface area contributed by atoms with Crippen LogP contribution in [0.3, 0.4) is 0 Å². The van der Waals surface area contributed by atoms with Crippen LogP contribution in [0.25, 0.3) is 10.9 Å². The van der Waals surface area contributed by atoms with Gasteiger partial charge in [0.05, 0.1) is 6.54 Å². The SMILES string of the molecule is Cc1cc(NC(=O)CNCCc2c[nH]c3ccccc23)no1. The molecule has 1 amide bonds. The van der Waals surface area contributed by atoms with E-state index in [2.05, 4.69) is 32.9 Å². The Morgan fingerprint density at radius 3 is 3.05 bits per heavy atom. The van der Waals surface area contributed by atoms with Crippen LogP contribution in [0.2, 0.25) is 0 Å². The standard InChI is InChI=1S/C16H18N4O2/c1-11-8-15(20-22-11)19-16(21)10-17-7-6-12-9-18-14-5-3-2-4-13(12)14/h2-5,8-9,17-18H,6-7,10H2,1H3,(H,19,20,21). The van der Waals surface area contributed by atoms with Crippen molar-refractivity contribution >= 4 is 22.6 Å². The smallest absolute Gasteiger partial charge is 0.239 e. The minimum Gasteiger partial charge on any atom is -0.361 e. The van der Waals surface area contributed by atoms with Crippen molar-refractivity contribution in [2.45, 2.75) is 13.3 Å². The number of anilines is 1. The first kappa shape index (κ1) is 14.3. The van der Waals surface area contributed by atoms with Crippen LogP contribution in [0.4, 0.5) is 5.82 Å². The van der Waals surface area contributed by atoms with Crippen molar-refractivity contribution in [1.29, 1.82) is 0 Å². The molecule has 3 N–H and O–H groups in total. The number of rotatable bonds is 6. The summed E-state index contributed by atoms with van der Waals surface area (Å²) < 4.78 is 4.89. The number of para-hydroxylation sites is 1. The second-order valence-electron chi connectivity index (χ2n) is 5.16. The van der Waals surface area contributed by atoms with E-state index in [0.717, 1.165) is 18.5 Å². The predicted molar refractivity (Wildman–Crippen MR) is 84.7 cm³/mol. The highest BCUT2D eigenvalue weighted by atomic mass is 16.5. The summed E-state index contributed by atoms with van der Waals surface area (Å²) in [5.74, 6) is 0.982. The largest absolute Gasteiger partial charge is 0.361 e. The number of nitrogens with zero attached hydrogens (tertiary/aromatic N) is 1. The third-order valence-corrected chi connectivity index (χ3v) is 3.43. The Hall–Kier alpha value is -2.60. The molecule has 6 heteroatoms. The number of fused-ring (bicyclic) bond motifs is 1. The van der Waals surface area contributed by atoms with Crippen LogP contribution in [0.15, 0.2) is 41.1 Å². The van der Waals surface area contributed by atoms with Gasteiger partial charge in [0.1, 0.15) is 5.76 Å². The number of hydrogen-bond donors (Lipinski definition) is 3. The first-order valence-corrected chi connectivity index (χ1v) is 7.21. The molecule has 2 heterocycles. The molecule has 0 unspecified atom stereocenters. The molecule has 2 aromatic heterocycles. The number of carbonyl (C=O) groups excluding carboxylic acids is 1. The lowest BCUT2D eigenvalue weighted by atomic mass is 10.1. The second-order valence-corrected chi connectivity index (χ2v) is 5.16. The molecule has 3 aromatic rings. The number of aromatic nitrogens is 2. The van der Waals surface area contributed by atoms with Gasteiger partial charge < -0.3 is 20.1 Å². The number of H-pyrrole nitrogens is 1. The first-order valence-electron chi connectivity index (χ1n) is 7.21. The Morgan fingerprint density at radius 1 is 1.36 bits per heavy atom. The molecule has 6 nitrogen and oxygen atoms in total. The zero-order chi connectivity index (χ0) is 15.4. The summed E-state index contributed by atoms with van der Waals surface area (Å²) in [4.78, 5) is 15.0. The maximum Gasteiger partial charge on any atom is 0.239 e. The summed E-state index contributed by atoms with van der Waals surface area (Å²) in [7, 11) is 0. The number of benzene rings is 1. The Bertz CT molecular complexity index is 775. The minimum atomic E-state index is -0.132. The predicted octanol–water partition coefficient (Wildman–Crippen LogP) is 2.24. The molecule has 114 valence electrons. The highest BCUT2D eigenvalue weighted by Gasteiger charge is 2.06. The van der Waals surface area contributed by atoms with E-state index >= 15 is 0 Å². The summed E-state index contributed by atoms with van der Waals surface area (Å²) >= 11 is 0. The average molecular weight is 298 g/mol. The molecule has 0 saturated heterocycles. The number of nitrogens with one attached hydrogen (secondary N) is 3. The van der Waals surface area contributed by atoms with E-state index in [1.54, 1.807) is 13.0 Å². The van der Waals surface area contributed by atoms with E-state index < -0.39 is 0 Å². The highest BCUT2D eigenvalue weighted by molar-refractivity contribution is 5.91. The molecular weight excluding hydrogens is 280 g/mol. The van der Waals surface area contributed by atoms with E-state index in [0.29, 0.717) is 11.6 Å². The van der Waals surface area contributed by atoms with Crippen LogP contribution in [0.5, 0.6) is 0 Å². The summed E-state index contributed by atoms with van der Waals surface area (Å²) in [6.45, 7) is 2.75. The summed E-state index contributed by atoms with van der Waals surface area (Å²) in [6, 6.07) is 9.88. The second kappa shape index (κ2) is 6.44. The van der Waals surface area contributed by atoms with Crippen molar-refractivity contribution in [2.75, 3.05) is 18.4 Å². The third-order valence-electron chi connectivity index (χ3n) is 3.43. The van der Waals surface area contributed by atoms with Crippen molar-refractivity contribution < 1.29 is 9.32 Å².